The lowest BCUT2D eigenvalue weighted by Crippen LogP contribution is -2.49. The van der Waals surface area contributed by atoms with E-state index in [4.69, 9.17) is 0 Å². The number of piperidine rings is 1. The second kappa shape index (κ2) is 10.1. The zero-order chi connectivity index (χ0) is 20.6. The molecule has 0 spiro atoms. The highest BCUT2D eigenvalue weighted by molar-refractivity contribution is 5.85. The Labute approximate surface area is 173 Å². The van der Waals surface area contributed by atoms with Gasteiger partial charge in [-0.2, -0.15) is 0 Å². The van der Waals surface area contributed by atoms with Gasteiger partial charge in [0.2, 0.25) is 5.91 Å². The van der Waals surface area contributed by atoms with Crippen molar-refractivity contribution in [1.82, 2.24) is 24.7 Å². The van der Waals surface area contributed by atoms with E-state index in [1.54, 1.807) is 19.0 Å². The fourth-order valence-corrected chi connectivity index (χ4v) is 3.61. The summed E-state index contributed by atoms with van der Waals surface area (Å²) < 4.78 is 2.18. The Morgan fingerprint density at radius 1 is 1.31 bits per heavy atom. The molecule has 1 aromatic carbocycles. The Morgan fingerprint density at radius 2 is 2.10 bits per heavy atom. The van der Waals surface area contributed by atoms with Crippen LogP contribution in [0.25, 0.3) is 0 Å². The molecule has 1 N–H and O–H groups in total. The van der Waals surface area contributed by atoms with Crippen LogP contribution in [0.15, 0.2) is 54.0 Å². The van der Waals surface area contributed by atoms with Gasteiger partial charge < -0.3 is 19.7 Å². The number of nitrogens with zero attached hydrogens (tertiary/aromatic N) is 5. The van der Waals surface area contributed by atoms with E-state index in [1.807, 2.05) is 24.8 Å². The van der Waals surface area contributed by atoms with Crippen LogP contribution in [-0.2, 0) is 11.2 Å². The lowest BCUT2D eigenvalue weighted by atomic mass is 9.93. The normalized spacial score (nSPS) is 19.8. The van der Waals surface area contributed by atoms with Gasteiger partial charge in [-0.05, 0) is 24.3 Å². The number of nitrogens with one attached hydrogen (secondary N) is 1. The third-order valence-corrected chi connectivity index (χ3v) is 5.53. The van der Waals surface area contributed by atoms with Crippen molar-refractivity contribution in [3.63, 3.8) is 0 Å². The summed E-state index contributed by atoms with van der Waals surface area (Å²) in [5.74, 6) is 1.38. The van der Waals surface area contributed by atoms with Crippen LogP contribution in [0.2, 0.25) is 0 Å². The maximum absolute atomic E-state index is 12.1. The Kier molecular flexibility index (Phi) is 7.27. The molecule has 7 nitrogen and oxygen atoms in total. The Hall–Kier alpha value is -2.83. The van der Waals surface area contributed by atoms with Gasteiger partial charge in [0.25, 0.3) is 0 Å². The lowest BCUT2D eigenvalue weighted by molar-refractivity contribution is -0.127. The second-order valence-corrected chi connectivity index (χ2v) is 7.88. The van der Waals surface area contributed by atoms with Gasteiger partial charge >= 0.3 is 0 Å². The molecule has 0 saturated carbocycles. The molecular formula is C22H32N6O. The first-order valence-electron chi connectivity index (χ1n) is 10.3. The van der Waals surface area contributed by atoms with Crippen molar-refractivity contribution >= 4 is 11.9 Å². The van der Waals surface area contributed by atoms with Gasteiger partial charge in [-0.3, -0.25) is 4.79 Å². The smallest absolute Gasteiger partial charge is 0.243 e. The molecule has 1 fully saturated rings. The molecule has 29 heavy (non-hydrogen) atoms. The minimum Gasteiger partial charge on any atom is -0.356 e. The highest BCUT2D eigenvalue weighted by atomic mass is 16.2. The minimum absolute atomic E-state index is 0.00361. The van der Waals surface area contributed by atoms with E-state index < -0.39 is 0 Å². The Morgan fingerprint density at radius 3 is 2.79 bits per heavy atom. The average Bonchev–Trinajstić information content (AvgIpc) is 3.26. The predicted molar refractivity (Wildman–Crippen MR) is 116 cm³/mol. The molecule has 7 heteroatoms. The maximum Gasteiger partial charge on any atom is 0.243 e. The third-order valence-electron chi connectivity index (χ3n) is 5.53. The van der Waals surface area contributed by atoms with Crippen LogP contribution in [-0.4, -0.2) is 71.5 Å². The van der Waals surface area contributed by atoms with Gasteiger partial charge in [-0.1, -0.05) is 37.3 Å². The van der Waals surface area contributed by atoms with E-state index in [-0.39, 0.29) is 12.5 Å². The molecule has 1 saturated heterocycles. The largest absolute Gasteiger partial charge is 0.356 e. The summed E-state index contributed by atoms with van der Waals surface area (Å²) in [7, 11) is 3.52. The number of carbonyl (C=O) groups is 1. The highest BCUT2D eigenvalue weighted by Gasteiger charge is 2.29. The summed E-state index contributed by atoms with van der Waals surface area (Å²) in [4.78, 5) is 24.8. The van der Waals surface area contributed by atoms with E-state index in [0.29, 0.717) is 12.0 Å². The zero-order valence-corrected chi connectivity index (χ0v) is 17.7. The van der Waals surface area contributed by atoms with Gasteiger partial charge in [0.15, 0.2) is 5.96 Å². The minimum atomic E-state index is 0.00361. The van der Waals surface area contributed by atoms with Crippen LogP contribution in [0.5, 0.6) is 0 Å². The number of aromatic nitrogens is 2. The summed E-state index contributed by atoms with van der Waals surface area (Å²) in [5.41, 5.74) is 1.28. The number of hydrogen-bond donors (Lipinski definition) is 1. The van der Waals surface area contributed by atoms with Gasteiger partial charge in [0.1, 0.15) is 6.54 Å². The maximum atomic E-state index is 12.1. The van der Waals surface area contributed by atoms with Crippen molar-refractivity contribution in [3.05, 3.63) is 54.6 Å². The van der Waals surface area contributed by atoms with Gasteiger partial charge in [-0.15, -0.1) is 0 Å². The van der Waals surface area contributed by atoms with Crippen molar-refractivity contribution in [2.24, 2.45) is 10.9 Å². The van der Waals surface area contributed by atoms with Crippen molar-refractivity contribution in [2.45, 2.75) is 25.8 Å². The molecule has 0 radical (unpaired) electrons. The summed E-state index contributed by atoms with van der Waals surface area (Å²) in [6.07, 6.45) is 7.73. The Bertz CT molecular complexity index is 787. The molecule has 156 valence electrons. The number of guanidine groups is 1. The number of imidazole rings is 1. The van der Waals surface area contributed by atoms with Crippen molar-refractivity contribution in [3.8, 4) is 0 Å². The van der Waals surface area contributed by atoms with Crippen LogP contribution in [0.1, 0.15) is 24.9 Å². The number of likely N-dealkylation sites (N-methyl/N-ethyl adjacent to an activating group) is 1. The molecule has 1 amide bonds. The van der Waals surface area contributed by atoms with E-state index in [1.165, 1.54) is 5.56 Å². The van der Waals surface area contributed by atoms with Gasteiger partial charge in [0, 0.05) is 46.1 Å². The zero-order valence-electron chi connectivity index (χ0n) is 17.7. The van der Waals surface area contributed by atoms with E-state index in [9.17, 15) is 4.79 Å². The van der Waals surface area contributed by atoms with Crippen LogP contribution in [0, 0.1) is 5.92 Å². The second-order valence-electron chi connectivity index (χ2n) is 7.88. The topological polar surface area (TPSA) is 65.8 Å². The molecule has 2 heterocycles. The third kappa shape index (κ3) is 5.82. The molecule has 0 aliphatic carbocycles. The first-order valence-corrected chi connectivity index (χ1v) is 10.3. The Balaban J connectivity index is 1.69. The van der Waals surface area contributed by atoms with Crippen LogP contribution < -0.4 is 5.32 Å². The quantitative estimate of drug-likeness (QED) is 0.599. The summed E-state index contributed by atoms with van der Waals surface area (Å²) in [6.45, 7) is 5.00. The van der Waals surface area contributed by atoms with E-state index >= 15 is 0 Å². The lowest BCUT2D eigenvalue weighted by Gasteiger charge is -2.39. The predicted octanol–water partition coefficient (Wildman–Crippen LogP) is 2.04. The van der Waals surface area contributed by atoms with E-state index in [2.05, 4.69) is 55.9 Å². The van der Waals surface area contributed by atoms with Crippen molar-refractivity contribution in [2.75, 3.05) is 40.3 Å². The number of rotatable bonds is 6. The fraction of sp³-hybridized carbons (Fsp3) is 0.500. The van der Waals surface area contributed by atoms with Crippen molar-refractivity contribution < 1.29 is 4.79 Å². The molecule has 2 aromatic rings. The van der Waals surface area contributed by atoms with Crippen molar-refractivity contribution in [1.29, 1.82) is 0 Å². The summed E-state index contributed by atoms with van der Waals surface area (Å²) in [6, 6.07) is 10.8. The molecule has 1 aliphatic heterocycles. The average molecular weight is 397 g/mol. The van der Waals surface area contributed by atoms with Crippen LogP contribution in [0.4, 0.5) is 0 Å². The van der Waals surface area contributed by atoms with Gasteiger partial charge in [-0.25, -0.2) is 9.98 Å². The number of hydrogen-bond acceptors (Lipinski definition) is 3. The molecule has 3 rings (SSSR count). The highest BCUT2D eigenvalue weighted by Crippen LogP contribution is 2.27. The number of aliphatic imine (C=N–C) groups is 1. The summed E-state index contributed by atoms with van der Waals surface area (Å²) in [5, 5.41) is 3.49. The van der Waals surface area contributed by atoms with Crippen LogP contribution in [0.3, 0.4) is 0 Å². The molecule has 1 aliphatic rings. The van der Waals surface area contributed by atoms with Crippen LogP contribution >= 0.6 is 0 Å². The first-order chi connectivity index (χ1) is 14.0. The SMILES string of the molecule is CC1CCN(C(=NCC(=O)N(C)C)NCCc2ccccc2)CC1n1ccnc1. The van der Waals surface area contributed by atoms with Gasteiger partial charge in [0.05, 0.1) is 12.4 Å². The summed E-state index contributed by atoms with van der Waals surface area (Å²) >= 11 is 0. The van der Waals surface area contributed by atoms with E-state index in [0.717, 1.165) is 38.4 Å². The standard InChI is InChI=1S/C22H32N6O/c1-18-10-13-27(16-20(18)28-14-12-23-17-28)22(25-15-21(29)26(2)3)24-11-9-19-7-5-4-6-8-19/h4-8,12,14,17-18,20H,9-11,13,15-16H2,1-3H3,(H,24,25). The molecular weight excluding hydrogens is 364 g/mol. The molecule has 0 bridgehead atoms. The molecule has 2 atom stereocenters. The number of likely N-dealkylation sites (tertiary alicyclic amines) is 1. The molecule has 2 unspecified atom stereocenters. The number of amides is 1. The number of benzene rings is 1. The first kappa shape index (κ1) is 20.9. The number of carbonyl (C=O) groups excluding carboxylic acids is 1. The monoisotopic (exact) mass is 396 g/mol. The fourth-order valence-electron chi connectivity index (χ4n) is 3.61. The molecule has 1 aromatic heterocycles.